The monoisotopic (exact) mass is 390 g/mol. The van der Waals surface area contributed by atoms with Crippen LogP contribution >= 0.6 is 11.8 Å². The van der Waals surface area contributed by atoms with Gasteiger partial charge in [0.05, 0.1) is 22.0 Å². The zero-order chi connectivity index (χ0) is 20.4. The summed E-state index contributed by atoms with van der Waals surface area (Å²) in [6.07, 6.45) is 0. The maximum absolute atomic E-state index is 12.8. The quantitative estimate of drug-likeness (QED) is 0.644. The van der Waals surface area contributed by atoms with E-state index in [-0.39, 0.29) is 5.91 Å². The van der Waals surface area contributed by atoms with Crippen LogP contribution in [0.2, 0.25) is 0 Å². The van der Waals surface area contributed by atoms with E-state index in [0.29, 0.717) is 10.6 Å². The molecule has 0 spiro atoms. The maximum atomic E-state index is 12.8. The molecule has 1 unspecified atom stereocenters. The van der Waals surface area contributed by atoms with E-state index in [4.69, 9.17) is 0 Å². The number of carbonyl (C=O) groups excluding carboxylic acids is 1. The molecular formula is C22H22N4OS. The third-order valence-electron chi connectivity index (χ3n) is 4.83. The molecule has 0 saturated carbocycles. The molecule has 0 radical (unpaired) electrons. The van der Waals surface area contributed by atoms with Gasteiger partial charge in [-0.1, -0.05) is 30.0 Å². The highest BCUT2D eigenvalue weighted by Crippen LogP contribution is 2.30. The van der Waals surface area contributed by atoms with Crippen LogP contribution in [-0.4, -0.2) is 21.1 Å². The average molecular weight is 391 g/mol. The second kappa shape index (κ2) is 7.99. The van der Waals surface area contributed by atoms with Crippen molar-refractivity contribution in [3.8, 4) is 6.07 Å². The third kappa shape index (κ3) is 3.85. The van der Waals surface area contributed by atoms with Crippen LogP contribution in [0.5, 0.6) is 0 Å². The minimum absolute atomic E-state index is 0.137. The molecule has 3 aromatic rings. The predicted octanol–water partition coefficient (Wildman–Crippen LogP) is 4.85. The number of para-hydroxylation sites is 1. The smallest absolute Gasteiger partial charge is 0.237 e. The van der Waals surface area contributed by atoms with Gasteiger partial charge in [0.1, 0.15) is 11.1 Å². The molecule has 28 heavy (non-hydrogen) atoms. The molecule has 5 nitrogen and oxygen atoms in total. The topological polar surface area (TPSA) is 78.7 Å². The van der Waals surface area contributed by atoms with E-state index in [1.54, 1.807) is 0 Å². The van der Waals surface area contributed by atoms with Crippen molar-refractivity contribution in [3.05, 3.63) is 58.4 Å². The molecule has 0 aliphatic heterocycles. The van der Waals surface area contributed by atoms with Gasteiger partial charge in [-0.15, -0.1) is 0 Å². The Bertz CT molecular complexity index is 1120. The summed E-state index contributed by atoms with van der Waals surface area (Å²) in [5.74, 6) is -0.137. The Labute approximate surface area is 169 Å². The fourth-order valence-electron chi connectivity index (χ4n) is 2.99. The first-order valence-corrected chi connectivity index (χ1v) is 9.91. The second-order valence-corrected chi connectivity index (χ2v) is 8.15. The first-order valence-electron chi connectivity index (χ1n) is 9.03. The summed E-state index contributed by atoms with van der Waals surface area (Å²) in [4.78, 5) is 21.9. The molecule has 0 saturated heterocycles. The number of carbonyl (C=O) groups is 1. The van der Waals surface area contributed by atoms with Crippen LogP contribution in [0.15, 0.2) is 35.4 Å². The van der Waals surface area contributed by atoms with Crippen LogP contribution in [0, 0.1) is 39.0 Å². The molecule has 1 atom stereocenters. The highest BCUT2D eigenvalue weighted by atomic mass is 32.2. The summed E-state index contributed by atoms with van der Waals surface area (Å²) < 4.78 is 0. The maximum Gasteiger partial charge on any atom is 0.237 e. The summed E-state index contributed by atoms with van der Waals surface area (Å²) in [7, 11) is 0. The Hall–Kier alpha value is -2.91. The summed E-state index contributed by atoms with van der Waals surface area (Å²) in [6.45, 7) is 9.53. The minimum Gasteiger partial charge on any atom is -0.324 e. The molecule has 2 aromatic heterocycles. The van der Waals surface area contributed by atoms with Crippen molar-refractivity contribution in [2.24, 2.45) is 0 Å². The van der Waals surface area contributed by atoms with E-state index >= 15 is 0 Å². The standard InChI is InChI=1S/C22H22N4OS/c1-12-10-20(17-8-6-7-9-19(17)24-12)26-21(27)16(5)28-22-18(11-23)14(3)13(2)15(4)25-22/h6-10,16H,1-5H3,(H,24,26,27). The lowest BCUT2D eigenvalue weighted by atomic mass is 10.1. The summed E-state index contributed by atoms with van der Waals surface area (Å²) in [6, 6.07) is 11.8. The summed E-state index contributed by atoms with van der Waals surface area (Å²) in [5.41, 5.74) is 5.77. The number of benzene rings is 1. The molecule has 1 N–H and O–H groups in total. The molecule has 3 rings (SSSR count). The van der Waals surface area contributed by atoms with Gasteiger partial charge in [-0.25, -0.2) is 4.98 Å². The number of amides is 1. The molecule has 0 fully saturated rings. The second-order valence-electron chi connectivity index (χ2n) is 6.82. The van der Waals surface area contributed by atoms with Gasteiger partial charge < -0.3 is 5.32 Å². The lowest BCUT2D eigenvalue weighted by Crippen LogP contribution is -2.23. The Morgan fingerprint density at radius 3 is 2.57 bits per heavy atom. The van der Waals surface area contributed by atoms with Gasteiger partial charge in [0.15, 0.2) is 0 Å². The fourth-order valence-corrected chi connectivity index (χ4v) is 4.00. The number of nitriles is 1. The number of rotatable bonds is 4. The number of thioether (sulfide) groups is 1. The third-order valence-corrected chi connectivity index (χ3v) is 5.92. The molecule has 2 heterocycles. The first kappa shape index (κ1) is 19.8. The number of nitrogens with zero attached hydrogens (tertiary/aromatic N) is 3. The van der Waals surface area contributed by atoms with Crippen LogP contribution in [0.1, 0.15) is 35.0 Å². The number of pyridine rings is 2. The zero-order valence-electron chi connectivity index (χ0n) is 16.6. The van der Waals surface area contributed by atoms with E-state index in [1.165, 1.54) is 11.8 Å². The minimum atomic E-state index is -0.409. The van der Waals surface area contributed by atoms with Crippen LogP contribution in [-0.2, 0) is 4.79 Å². The van der Waals surface area contributed by atoms with Gasteiger partial charge in [0.25, 0.3) is 0 Å². The summed E-state index contributed by atoms with van der Waals surface area (Å²) in [5, 5.41) is 13.6. The van der Waals surface area contributed by atoms with Gasteiger partial charge in [0, 0.05) is 16.8 Å². The molecule has 1 amide bonds. The van der Waals surface area contributed by atoms with Gasteiger partial charge in [0.2, 0.25) is 5.91 Å². The van der Waals surface area contributed by atoms with Crippen LogP contribution < -0.4 is 5.32 Å². The number of anilines is 1. The Kier molecular flexibility index (Phi) is 5.66. The highest BCUT2D eigenvalue weighted by Gasteiger charge is 2.21. The van der Waals surface area contributed by atoms with E-state index in [9.17, 15) is 10.1 Å². The van der Waals surface area contributed by atoms with Gasteiger partial charge in [-0.05, 0) is 57.9 Å². The Balaban J connectivity index is 1.87. The largest absolute Gasteiger partial charge is 0.324 e. The lowest BCUT2D eigenvalue weighted by molar-refractivity contribution is -0.115. The predicted molar refractivity (Wildman–Crippen MR) is 114 cm³/mol. The number of hydrogen-bond acceptors (Lipinski definition) is 5. The van der Waals surface area contributed by atoms with Crippen molar-refractivity contribution in [3.63, 3.8) is 0 Å². The lowest BCUT2D eigenvalue weighted by Gasteiger charge is -2.16. The number of nitrogens with one attached hydrogen (secondary N) is 1. The normalized spacial score (nSPS) is 11.9. The van der Waals surface area contributed by atoms with Crippen molar-refractivity contribution >= 4 is 34.3 Å². The van der Waals surface area contributed by atoms with Gasteiger partial charge >= 0.3 is 0 Å². The first-order chi connectivity index (χ1) is 13.3. The van der Waals surface area contributed by atoms with Crippen LogP contribution in [0.4, 0.5) is 5.69 Å². The molecule has 6 heteroatoms. The molecule has 0 bridgehead atoms. The Morgan fingerprint density at radius 2 is 1.86 bits per heavy atom. The van der Waals surface area contributed by atoms with Crippen molar-refractivity contribution in [1.29, 1.82) is 5.26 Å². The molecular weight excluding hydrogens is 368 g/mol. The summed E-state index contributed by atoms with van der Waals surface area (Å²) >= 11 is 1.31. The number of fused-ring (bicyclic) bond motifs is 1. The van der Waals surface area contributed by atoms with E-state index in [2.05, 4.69) is 21.4 Å². The van der Waals surface area contributed by atoms with Crippen molar-refractivity contribution in [2.45, 2.75) is 44.9 Å². The number of hydrogen-bond donors (Lipinski definition) is 1. The van der Waals surface area contributed by atoms with Crippen molar-refractivity contribution in [1.82, 2.24) is 9.97 Å². The molecule has 0 aliphatic rings. The zero-order valence-corrected chi connectivity index (χ0v) is 17.4. The number of aryl methyl sites for hydroxylation is 2. The van der Waals surface area contributed by atoms with Crippen LogP contribution in [0.3, 0.4) is 0 Å². The Morgan fingerprint density at radius 1 is 1.14 bits per heavy atom. The molecule has 0 aliphatic carbocycles. The van der Waals surface area contributed by atoms with E-state index in [1.807, 2.05) is 65.0 Å². The SMILES string of the molecule is Cc1cc(NC(=O)C(C)Sc2nc(C)c(C)c(C)c2C#N)c2ccccc2n1. The van der Waals surface area contributed by atoms with E-state index < -0.39 is 5.25 Å². The highest BCUT2D eigenvalue weighted by molar-refractivity contribution is 8.00. The fraction of sp³-hybridized carbons (Fsp3) is 0.273. The van der Waals surface area contributed by atoms with Crippen molar-refractivity contribution < 1.29 is 4.79 Å². The van der Waals surface area contributed by atoms with Crippen molar-refractivity contribution in [2.75, 3.05) is 5.32 Å². The number of aromatic nitrogens is 2. The van der Waals surface area contributed by atoms with Gasteiger partial charge in [-0.3, -0.25) is 9.78 Å². The average Bonchev–Trinajstić information content (AvgIpc) is 2.66. The molecule has 1 aromatic carbocycles. The molecule has 142 valence electrons. The van der Waals surface area contributed by atoms with Crippen LogP contribution in [0.25, 0.3) is 10.9 Å². The van der Waals surface area contributed by atoms with Gasteiger partial charge in [-0.2, -0.15) is 5.26 Å². The van der Waals surface area contributed by atoms with E-state index in [0.717, 1.165) is 39.1 Å².